The minimum absolute atomic E-state index is 0.0357. The third-order valence-corrected chi connectivity index (χ3v) is 4.23. The molecular weight excluding hydrogens is 240 g/mol. The molecule has 0 aliphatic heterocycles. The maximum Gasteiger partial charge on any atom is 0.0949 e. The zero-order valence-corrected chi connectivity index (χ0v) is 12.3. The Kier molecular flexibility index (Phi) is 3.83. The fourth-order valence-electron chi connectivity index (χ4n) is 2.16. The van der Waals surface area contributed by atoms with Gasteiger partial charge in [0.1, 0.15) is 0 Å². The predicted molar refractivity (Wildman–Crippen MR) is 78.1 cm³/mol. The van der Waals surface area contributed by atoms with Crippen LogP contribution in [0.15, 0.2) is 18.2 Å². The first kappa shape index (κ1) is 13.2. The maximum absolute atomic E-state index is 6.29. The number of rotatable bonds is 3. The Bertz CT molecular complexity index is 518. The van der Waals surface area contributed by atoms with Crippen molar-refractivity contribution in [3.63, 3.8) is 0 Å². The quantitative estimate of drug-likeness (QED) is 0.915. The second-order valence-corrected chi connectivity index (χ2v) is 6.27. The van der Waals surface area contributed by atoms with Gasteiger partial charge in [-0.25, -0.2) is 4.98 Å². The van der Waals surface area contributed by atoms with E-state index in [-0.39, 0.29) is 6.04 Å². The first-order chi connectivity index (χ1) is 8.45. The Morgan fingerprint density at radius 3 is 2.22 bits per heavy atom. The molecule has 1 atom stereocenters. The molecule has 1 aromatic carbocycles. The van der Waals surface area contributed by atoms with Crippen LogP contribution in [0.4, 0.5) is 0 Å². The molecule has 0 fully saturated rings. The van der Waals surface area contributed by atoms with E-state index in [2.05, 4.69) is 50.9 Å². The van der Waals surface area contributed by atoms with Crippen LogP contribution in [0.1, 0.15) is 38.3 Å². The van der Waals surface area contributed by atoms with E-state index in [9.17, 15) is 0 Å². The van der Waals surface area contributed by atoms with Crippen LogP contribution >= 0.6 is 11.3 Å². The highest BCUT2D eigenvalue weighted by Gasteiger charge is 2.11. The predicted octanol–water partition coefficient (Wildman–Crippen LogP) is 3.62. The van der Waals surface area contributed by atoms with Crippen molar-refractivity contribution in [2.45, 2.75) is 40.2 Å². The number of hydrogen-bond donors (Lipinski definition) is 1. The fraction of sp³-hybridized carbons (Fsp3) is 0.400. The monoisotopic (exact) mass is 260 g/mol. The average Bonchev–Trinajstić information content (AvgIpc) is 2.56. The second kappa shape index (κ2) is 5.21. The van der Waals surface area contributed by atoms with Gasteiger partial charge in [-0.2, -0.15) is 0 Å². The minimum atomic E-state index is 0.0357. The summed E-state index contributed by atoms with van der Waals surface area (Å²) in [5.41, 5.74) is 11.2. The van der Waals surface area contributed by atoms with Crippen LogP contribution in [-0.4, -0.2) is 4.98 Å². The highest BCUT2D eigenvalue weighted by atomic mass is 32.1. The molecule has 1 heterocycles. The maximum atomic E-state index is 6.29. The smallest absolute Gasteiger partial charge is 0.0949 e. The van der Waals surface area contributed by atoms with Crippen LogP contribution < -0.4 is 5.73 Å². The first-order valence-electron chi connectivity index (χ1n) is 6.22. The molecule has 96 valence electrons. The van der Waals surface area contributed by atoms with Crippen LogP contribution in [0.5, 0.6) is 0 Å². The molecule has 3 heteroatoms. The van der Waals surface area contributed by atoms with Gasteiger partial charge in [-0.15, -0.1) is 11.3 Å². The van der Waals surface area contributed by atoms with Gasteiger partial charge in [0.2, 0.25) is 0 Å². The first-order valence-corrected chi connectivity index (χ1v) is 7.04. The summed E-state index contributed by atoms with van der Waals surface area (Å²) < 4.78 is 0. The molecule has 2 aromatic rings. The van der Waals surface area contributed by atoms with Crippen LogP contribution in [0.3, 0.4) is 0 Å². The summed E-state index contributed by atoms with van der Waals surface area (Å²) in [6.07, 6.45) is 0.822. The lowest BCUT2D eigenvalue weighted by atomic mass is 10.00. The molecule has 2 N–H and O–H groups in total. The van der Waals surface area contributed by atoms with Gasteiger partial charge in [0.05, 0.1) is 10.7 Å². The highest BCUT2D eigenvalue weighted by molar-refractivity contribution is 7.11. The van der Waals surface area contributed by atoms with Gasteiger partial charge >= 0.3 is 0 Å². The van der Waals surface area contributed by atoms with E-state index in [1.165, 1.54) is 21.6 Å². The number of thiazole rings is 1. The average molecular weight is 260 g/mol. The van der Waals surface area contributed by atoms with E-state index < -0.39 is 0 Å². The van der Waals surface area contributed by atoms with Crippen molar-refractivity contribution in [2.75, 3.05) is 0 Å². The van der Waals surface area contributed by atoms with Crippen molar-refractivity contribution < 1.29 is 0 Å². The van der Waals surface area contributed by atoms with Gasteiger partial charge in [-0.1, -0.05) is 29.3 Å². The number of aromatic nitrogens is 1. The summed E-state index contributed by atoms with van der Waals surface area (Å²) in [6.45, 7) is 8.39. The molecule has 2 rings (SSSR count). The molecule has 0 amide bonds. The molecule has 0 spiro atoms. The van der Waals surface area contributed by atoms with Crippen molar-refractivity contribution in [2.24, 2.45) is 5.73 Å². The molecule has 1 unspecified atom stereocenters. The number of nitrogens with two attached hydrogens (primary N) is 1. The van der Waals surface area contributed by atoms with E-state index in [0.29, 0.717) is 0 Å². The molecule has 1 aromatic heterocycles. The highest BCUT2D eigenvalue weighted by Crippen LogP contribution is 2.23. The van der Waals surface area contributed by atoms with Crippen molar-refractivity contribution in [1.82, 2.24) is 4.98 Å². The standard InChI is InChI=1S/C15H20N2S/c1-9-5-10(2)7-13(6-9)14(16)8-15-17-11(3)12(4)18-15/h5-7,14H,8,16H2,1-4H3. The summed E-state index contributed by atoms with van der Waals surface area (Å²) in [6, 6.07) is 6.55. The Balaban J connectivity index is 2.18. The summed E-state index contributed by atoms with van der Waals surface area (Å²) in [5.74, 6) is 0. The zero-order chi connectivity index (χ0) is 13.3. The van der Waals surface area contributed by atoms with Crippen molar-refractivity contribution in [1.29, 1.82) is 0 Å². The van der Waals surface area contributed by atoms with E-state index >= 15 is 0 Å². The van der Waals surface area contributed by atoms with Crippen molar-refractivity contribution in [3.05, 3.63) is 50.5 Å². The molecule has 0 radical (unpaired) electrons. The van der Waals surface area contributed by atoms with E-state index in [1.807, 2.05) is 0 Å². The summed E-state index contributed by atoms with van der Waals surface area (Å²) in [4.78, 5) is 5.85. The lowest BCUT2D eigenvalue weighted by molar-refractivity contribution is 0.715. The molecule has 18 heavy (non-hydrogen) atoms. The molecule has 0 aliphatic rings. The number of aryl methyl sites for hydroxylation is 4. The minimum Gasteiger partial charge on any atom is -0.324 e. The van der Waals surface area contributed by atoms with Crippen molar-refractivity contribution in [3.8, 4) is 0 Å². The van der Waals surface area contributed by atoms with E-state index in [1.54, 1.807) is 11.3 Å². The Morgan fingerprint density at radius 2 is 1.72 bits per heavy atom. The van der Waals surface area contributed by atoms with Crippen LogP contribution in [0, 0.1) is 27.7 Å². The van der Waals surface area contributed by atoms with Gasteiger partial charge < -0.3 is 5.73 Å². The molecule has 2 nitrogen and oxygen atoms in total. The Labute approximate surface area is 113 Å². The van der Waals surface area contributed by atoms with Gasteiger partial charge in [-0.05, 0) is 33.3 Å². The third kappa shape index (κ3) is 2.98. The van der Waals surface area contributed by atoms with Gasteiger partial charge in [0, 0.05) is 17.3 Å². The van der Waals surface area contributed by atoms with E-state index in [4.69, 9.17) is 5.73 Å². The second-order valence-electron chi connectivity index (χ2n) is 4.98. The van der Waals surface area contributed by atoms with Gasteiger partial charge in [0.25, 0.3) is 0 Å². The summed E-state index contributed by atoms with van der Waals surface area (Å²) in [5, 5.41) is 1.14. The Morgan fingerprint density at radius 1 is 1.11 bits per heavy atom. The number of nitrogens with zero attached hydrogens (tertiary/aromatic N) is 1. The number of benzene rings is 1. The summed E-state index contributed by atoms with van der Waals surface area (Å²) in [7, 11) is 0. The van der Waals surface area contributed by atoms with Crippen LogP contribution in [0.2, 0.25) is 0 Å². The van der Waals surface area contributed by atoms with Crippen LogP contribution in [-0.2, 0) is 6.42 Å². The molecular formula is C15H20N2S. The zero-order valence-electron chi connectivity index (χ0n) is 11.4. The van der Waals surface area contributed by atoms with Gasteiger partial charge in [0.15, 0.2) is 0 Å². The summed E-state index contributed by atoms with van der Waals surface area (Å²) >= 11 is 1.75. The third-order valence-electron chi connectivity index (χ3n) is 3.14. The molecule has 0 aliphatic carbocycles. The van der Waals surface area contributed by atoms with Crippen LogP contribution in [0.25, 0.3) is 0 Å². The van der Waals surface area contributed by atoms with Gasteiger partial charge in [-0.3, -0.25) is 0 Å². The Hall–Kier alpha value is -1.19. The SMILES string of the molecule is Cc1cc(C)cc(C(N)Cc2nc(C)c(C)s2)c1. The molecule has 0 bridgehead atoms. The lowest BCUT2D eigenvalue weighted by Gasteiger charge is -2.12. The lowest BCUT2D eigenvalue weighted by Crippen LogP contribution is -2.13. The normalized spacial score (nSPS) is 12.7. The topological polar surface area (TPSA) is 38.9 Å². The number of hydrogen-bond acceptors (Lipinski definition) is 3. The largest absolute Gasteiger partial charge is 0.324 e. The molecule has 0 saturated carbocycles. The molecule has 0 saturated heterocycles. The van der Waals surface area contributed by atoms with Crippen molar-refractivity contribution >= 4 is 11.3 Å². The fourth-order valence-corrected chi connectivity index (χ4v) is 3.15. The van der Waals surface area contributed by atoms with E-state index in [0.717, 1.165) is 17.1 Å².